The number of carbonyl (C=O) groups is 2. The molecule has 2 amide bonds. The van der Waals surface area contributed by atoms with Crippen molar-refractivity contribution in [3.63, 3.8) is 0 Å². The quantitative estimate of drug-likeness (QED) is 0.686. The summed E-state index contributed by atoms with van der Waals surface area (Å²) in [6.07, 6.45) is 4.70. The Morgan fingerprint density at radius 2 is 1.83 bits per heavy atom. The lowest BCUT2D eigenvalue weighted by Crippen LogP contribution is -2.48. The molecule has 7 nitrogen and oxygen atoms in total. The largest absolute Gasteiger partial charge is 0.494 e. The molecule has 1 aromatic carbocycles. The molecular weight excluding hydrogens is 370 g/mol. The molecule has 0 bridgehead atoms. The van der Waals surface area contributed by atoms with E-state index in [4.69, 9.17) is 9.47 Å². The van der Waals surface area contributed by atoms with Crippen LogP contribution in [0.2, 0.25) is 0 Å². The number of para-hydroxylation sites is 1. The van der Waals surface area contributed by atoms with E-state index < -0.39 is 12.0 Å². The van der Waals surface area contributed by atoms with Crippen molar-refractivity contribution in [2.24, 2.45) is 0 Å². The standard InChI is InChI=1S/C22H31N3O4/c1-3-28-18-12-8-7-11-16(18)20-19(21(26)29-4-2)17(23-22(27)24-20)15-25-13-9-5-6-10-14-25/h7-8,11-12,20H,3-6,9-10,13-15H2,1-2H3,(H2,23,24,27)/t20-/m0/s1. The number of nitrogens with one attached hydrogen (secondary N) is 2. The van der Waals surface area contributed by atoms with Gasteiger partial charge in [-0.05, 0) is 45.8 Å². The number of nitrogens with zero attached hydrogens (tertiary/aromatic N) is 1. The predicted octanol–water partition coefficient (Wildman–Crippen LogP) is 3.13. The lowest BCUT2D eigenvalue weighted by molar-refractivity contribution is -0.139. The van der Waals surface area contributed by atoms with E-state index in [0.717, 1.165) is 31.5 Å². The predicted molar refractivity (Wildman–Crippen MR) is 111 cm³/mol. The Balaban J connectivity index is 2.01. The molecular formula is C22H31N3O4. The van der Waals surface area contributed by atoms with Gasteiger partial charge in [0.05, 0.1) is 24.8 Å². The zero-order valence-corrected chi connectivity index (χ0v) is 17.3. The highest BCUT2D eigenvalue weighted by atomic mass is 16.5. The average Bonchev–Trinajstić information content (AvgIpc) is 2.97. The number of rotatable bonds is 7. The van der Waals surface area contributed by atoms with Gasteiger partial charge in [0.15, 0.2) is 0 Å². The van der Waals surface area contributed by atoms with E-state index in [1.54, 1.807) is 6.92 Å². The molecule has 0 unspecified atom stereocenters. The van der Waals surface area contributed by atoms with Crippen LogP contribution in [0.4, 0.5) is 4.79 Å². The first-order chi connectivity index (χ1) is 14.1. The summed E-state index contributed by atoms with van der Waals surface area (Å²) in [5.41, 5.74) is 1.81. The van der Waals surface area contributed by atoms with Gasteiger partial charge in [0.2, 0.25) is 0 Å². The van der Waals surface area contributed by atoms with Crippen LogP contribution in [-0.2, 0) is 9.53 Å². The van der Waals surface area contributed by atoms with Crippen LogP contribution >= 0.6 is 0 Å². The van der Waals surface area contributed by atoms with E-state index in [1.165, 1.54) is 12.8 Å². The van der Waals surface area contributed by atoms with Crippen LogP contribution in [0.1, 0.15) is 51.1 Å². The first-order valence-electron chi connectivity index (χ1n) is 10.6. The van der Waals surface area contributed by atoms with Gasteiger partial charge in [-0.1, -0.05) is 31.0 Å². The Morgan fingerprint density at radius 1 is 1.10 bits per heavy atom. The van der Waals surface area contributed by atoms with Crippen LogP contribution in [0.5, 0.6) is 5.75 Å². The van der Waals surface area contributed by atoms with Crippen molar-refractivity contribution in [2.45, 2.75) is 45.6 Å². The summed E-state index contributed by atoms with van der Waals surface area (Å²) in [4.78, 5) is 27.7. The normalized spacial score (nSPS) is 20.5. The third-order valence-electron chi connectivity index (χ3n) is 5.26. The number of esters is 1. The van der Waals surface area contributed by atoms with E-state index in [2.05, 4.69) is 15.5 Å². The molecule has 2 aliphatic rings. The second kappa shape index (κ2) is 10.3. The molecule has 2 aliphatic heterocycles. The highest BCUT2D eigenvalue weighted by Gasteiger charge is 2.35. The number of urea groups is 1. The van der Waals surface area contributed by atoms with E-state index >= 15 is 0 Å². The van der Waals surface area contributed by atoms with Crippen LogP contribution in [-0.4, -0.2) is 49.7 Å². The Hall–Kier alpha value is -2.54. The summed E-state index contributed by atoms with van der Waals surface area (Å²) in [6.45, 7) is 6.90. The molecule has 158 valence electrons. The van der Waals surface area contributed by atoms with Crippen LogP contribution in [0.15, 0.2) is 35.5 Å². The molecule has 7 heteroatoms. The molecule has 1 fully saturated rings. The number of amides is 2. The Labute approximate surface area is 172 Å². The van der Waals surface area contributed by atoms with Gasteiger partial charge in [-0.2, -0.15) is 0 Å². The fourth-order valence-electron chi connectivity index (χ4n) is 3.95. The molecule has 2 heterocycles. The first kappa shape index (κ1) is 21.2. The van der Waals surface area contributed by atoms with Crippen molar-refractivity contribution in [1.82, 2.24) is 15.5 Å². The van der Waals surface area contributed by atoms with Crippen LogP contribution in [0, 0.1) is 0 Å². The Kier molecular flexibility index (Phi) is 7.52. The minimum Gasteiger partial charge on any atom is -0.494 e. The van der Waals surface area contributed by atoms with Crippen LogP contribution < -0.4 is 15.4 Å². The highest BCUT2D eigenvalue weighted by Crippen LogP contribution is 2.34. The van der Waals surface area contributed by atoms with Gasteiger partial charge in [0, 0.05) is 17.8 Å². The molecule has 2 N–H and O–H groups in total. The summed E-state index contributed by atoms with van der Waals surface area (Å²) in [5, 5.41) is 5.76. The van der Waals surface area contributed by atoms with E-state index in [-0.39, 0.29) is 12.6 Å². The Bertz CT molecular complexity index is 754. The number of ether oxygens (including phenoxy) is 2. The topological polar surface area (TPSA) is 79.9 Å². The molecule has 0 spiro atoms. The zero-order chi connectivity index (χ0) is 20.6. The Morgan fingerprint density at radius 3 is 2.52 bits per heavy atom. The van der Waals surface area contributed by atoms with Crippen molar-refractivity contribution in [1.29, 1.82) is 0 Å². The number of hydrogen-bond donors (Lipinski definition) is 2. The fourth-order valence-corrected chi connectivity index (χ4v) is 3.95. The molecule has 0 radical (unpaired) electrons. The van der Waals surface area contributed by atoms with Crippen molar-refractivity contribution in [3.05, 3.63) is 41.1 Å². The van der Waals surface area contributed by atoms with Gasteiger partial charge in [-0.25, -0.2) is 9.59 Å². The average molecular weight is 402 g/mol. The second-order valence-electron chi connectivity index (χ2n) is 7.31. The second-order valence-corrected chi connectivity index (χ2v) is 7.31. The summed E-state index contributed by atoms with van der Waals surface area (Å²) < 4.78 is 11.1. The lowest BCUT2D eigenvalue weighted by Gasteiger charge is -2.32. The smallest absolute Gasteiger partial charge is 0.338 e. The maximum absolute atomic E-state index is 12.9. The maximum Gasteiger partial charge on any atom is 0.338 e. The number of hydrogen-bond acceptors (Lipinski definition) is 5. The SMILES string of the molecule is CCOC(=O)C1=C(CN2CCCCCC2)NC(=O)N[C@H]1c1ccccc1OCC. The summed E-state index contributed by atoms with van der Waals surface area (Å²) in [5.74, 6) is 0.235. The number of benzene rings is 1. The molecule has 0 aromatic heterocycles. The van der Waals surface area contributed by atoms with Crippen molar-refractivity contribution >= 4 is 12.0 Å². The van der Waals surface area contributed by atoms with Gasteiger partial charge < -0.3 is 20.1 Å². The van der Waals surface area contributed by atoms with Crippen molar-refractivity contribution in [2.75, 3.05) is 32.8 Å². The van der Waals surface area contributed by atoms with Gasteiger partial charge in [0.1, 0.15) is 5.75 Å². The van der Waals surface area contributed by atoms with E-state index in [0.29, 0.717) is 30.2 Å². The van der Waals surface area contributed by atoms with Crippen LogP contribution in [0.25, 0.3) is 0 Å². The van der Waals surface area contributed by atoms with E-state index in [9.17, 15) is 9.59 Å². The minimum atomic E-state index is -0.618. The maximum atomic E-state index is 12.9. The highest BCUT2D eigenvalue weighted by molar-refractivity contribution is 5.95. The summed E-state index contributed by atoms with van der Waals surface area (Å²) in [6, 6.07) is 6.55. The van der Waals surface area contributed by atoms with Gasteiger partial charge in [-0.15, -0.1) is 0 Å². The van der Waals surface area contributed by atoms with E-state index in [1.807, 2.05) is 31.2 Å². The summed E-state index contributed by atoms with van der Waals surface area (Å²) in [7, 11) is 0. The lowest BCUT2D eigenvalue weighted by atomic mass is 9.94. The van der Waals surface area contributed by atoms with Crippen molar-refractivity contribution < 1.29 is 19.1 Å². The molecule has 0 aliphatic carbocycles. The molecule has 1 saturated heterocycles. The van der Waals surface area contributed by atoms with Crippen LogP contribution in [0.3, 0.4) is 0 Å². The van der Waals surface area contributed by atoms with Gasteiger partial charge in [-0.3, -0.25) is 4.90 Å². The third-order valence-corrected chi connectivity index (χ3v) is 5.26. The van der Waals surface area contributed by atoms with Gasteiger partial charge in [0.25, 0.3) is 0 Å². The molecule has 3 rings (SSSR count). The molecule has 0 saturated carbocycles. The minimum absolute atomic E-state index is 0.271. The zero-order valence-electron chi connectivity index (χ0n) is 17.3. The molecule has 1 aromatic rings. The first-order valence-corrected chi connectivity index (χ1v) is 10.6. The fraction of sp³-hybridized carbons (Fsp3) is 0.545. The third kappa shape index (κ3) is 5.29. The molecule has 1 atom stereocenters. The number of carbonyl (C=O) groups excluding carboxylic acids is 2. The monoisotopic (exact) mass is 401 g/mol. The van der Waals surface area contributed by atoms with Crippen molar-refractivity contribution in [3.8, 4) is 5.75 Å². The molecule has 29 heavy (non-hydrogen) atoms. The summed E-state index contributed by atoms with van der Waals surface area (Å²) >= 11 is 0. The number of likely N-dealkylation sites (tertiary alicyclic amines) is 1. The van der Waals surface area contributed by atoms with Gasteiger partial charge >= 0.3 is 12.0 Å².